The molecule has 9 heteroatoms. The van der Waals surface area contributed by atoms with E-state index in [0.29, 0.717) is 16.5 Å². The number of halogens is 1. The molecule has 0 radical (unpaired) electrons. The van der Waals surface area contributed by atoms with E-state index in [2.05, 4.69) is 5.32 Å². The first-order valence-corrected chi connectivity index (χ1v) is 11.9. The molecule has 174 valence electrons. The molecule has 0 aromatic heterocycles. The normalized spacial score (nSPS) is 11.3. The fourth-order valence-electron chi connectivity index (χ4n) is 3.17. The third kappa shape index (κ3) is 6.04. The maximum Gasteiger partial charge on any atom is 0.247 e. The van der Waals surface area contributed by atoms with Crippen molar-refractivity contribution in [3.8, 4) is 11.5 Å². The zero-order valence-electron chi connectivity index (χ0n) is 18.5. The average molecular weight is 489 g/mol. The second-order valence-corrected chi connectivity index (χ2v) is 9.60. The van der Waals surface area contributed by atoms with Crippen LogP contribution in [0.15, 0.2) is 71.6 Å². The molecule has 0 saturated heterocycles. The highest BCUT2D eigenvalue weighted by molar-refractivity contribution is 7.89. The molecule has 0 aliphatic rings. The summed E-state index contributed by atoms with van der Waals surface area (Å²) in [5, 5.41) is 3.22. The van der Waals surface area contributed by atoms with Crippen molar-refractivity contribution < 1.29 is 22.7 Å². The van der Waals surface area contributed by atoms with Gasteiger partial charge in [-0.1, -0.05) is 48.0 Å². The van der Waals surface area contributed by atoms with E-state index in [-0.39, 0.29) is 17.2 Å². The highest BCUT2D eigenvalue weighted by atomic mass is 35.5. The van der Waals surface area contributed by atoms with Crippen molar-refractivity contribution in [2.45, 2.75) is 18.4 Å². The molecule has 0 saturated carbocycles. The lowest BCUT2D eigenvalue weighted by molar-refractivity contribution is -0.116. The molecule has 3 aromatic rings. The Morgan fingerprint density at radius 3 is 2.36 bits per heavy atom. The lowest BCUT2D eigenvalue weighted by atomic mass is 10.2. The number of nitrogens with zero attached hydrogens (tertiary/aromatic N) is 1. The van der Waals surface area contributed by atoms with Crippen molar-refractivity contribution in [3.63, 3.8) is 0 Å². The van der Waals surface area contributed by atoms with Crippen molar-refractivity contribution in [1.82, 2.24) is 4.31 Å². The number of carbonyl (C=O) groups is 1. The summed E-state index contributed by atoms with van der Waals surface area (Å²) in [6.07, 6.45) is 0. The van der Waals surface area contributed by atoms with Gasteiger partial charge in [0, 0.05) is 23.3 Å². The number of carbonyl (C=O) groups excluding carboxylic acids is 1. The summed E-state index contributed by atoms with van der Waals surface area (Å²) in [6.45, 7) is 1.43. The van der Waals surface area contributed by atoms with Crippen LogP contribution in [0, 0.1) is 6.92 Å². The molecule has 1 amide bonds. The highest BCUT2D eigenvalue weighted by Gasteiger charge is 2.30. The predicted molar refractivity (Wildman–Crippen MR) is 128 cm³/mol. The van der Waals surface area contributed by atoms with Crippen LogP contribution in [-0.4, -0.2) is 39.4 Å². The molecule has 0 fully saturated rings. The quantitative estimate of drug-likeness (QED) is 0.479. The molecule has 3 rings (SSSR count). The van der Waals surface area contributed by atoms with Crippen molar-refractivity contribution in [2.75, 3.05) is 26.1 Å². The monoisotopic (exact) mass is 488 g/mol. The van der Waals surface area contributed by atoms with E-state index in [1.165, 1.54) is 26.4 Å². The number of aryl methyl sites for hydroxylation is 1. The number of sulfonamides is 1. The molecule has 1 N–H and O–H groups in total. The van der Waals surface area contributed by atoms with Crippen LogP contribution in [0.25, 0.3) is 0 Å². The first kappa shape index (κ1) is 24.6. The Balaban J connectivity index is 1.95. The zero-order chi connectivity index (χ0) is 24.0. The largest absolute Gasteiger partial charge is 0.497 e. The smallest absolute Gasteiger partial charge is 0.247 e. The minimum absolute atomic E-state index is 0.00832. The van der Waals surface area contributed by atoms with Gasteiger partial charge in [-0.3, -0.25) is 4.79 Å². The van der Waals surface area contributed by atoms with Crippen LogP contribution in [0.5, 0.6) is 11.5 Å². The molecular weight excluding hydrogens is 464 g/mol. The summed E-state index contributed by atoms with van der Waals surface area (Å²) in [5.74, 6) is 0.00339. The Hall–Kier alpha value is -3.07. The maximum absolute atomic E-state index is 13.7. The van der Waals surface area contributed by atoms with Crippen LogP contribution in [0.2, 0.25) is 5.02 Å². The van der Waals surface area contributed by atoms with Gasteiger partial charge in [0.1, 0.15) is 16.4 Å². The topological polar surface area (TPSA) is 84.9 Å². The number of methoxy groups -OCH3 is 2. The third-order valence-electron chi connectivity index (χ3n) is 4.97. The Kier molecular flexibility index (Phi) is 7.97. The first-order valence-electron chi connectivity index (χ1n) is 10.1. The molecule has 0 unspecified atom stereocenters. The van der Waals surface area contributed by atoms with E-state index in [4.69, 9.17) is 21.1 Å². The number of nitrogens with one attached hydrogen (secondary N) is 1. The molecule has 0 atom stereocenters. The van der Waals surface area contributed by atoms with Gasteiger partial charge in [0.2, 0.25) is 15.9 Å². The van der Waals surface area contributed by atoms with Crippen LogP contribution in [0.1, 0.15) is 11.1 Å². The van der Waals surface area contributed by atoms with E-state index in [0.717, 1.165) is 15.4 Å². The van der Waals surface area contributed by atoms with E-state index in [1.807, 2.05) is 13.0 Å². The van der Waals surface area contributed by atoms with Gasteiger partial charge in [0.25, 0.3) is 0 Å². The summed E-state index contributed by atoms with van der Waals surface area (Å²) in [4.78, 5) is 12.8. The van der Waals surface area contributed by atoms with Gasteiger partial charge in [-0.05, 0) is 42.3 Å². The lowest BCUT2D eigenvalue weighted by Gasteiger charge is -2.23. The Morgan fingerprint density at radius 2 is 1.73 bits per heavy atom. The summed E-state index contributed by atoms with van der Waals surface area (Å²) in [5.41, 5.74) is 2.08. The van der Waals surface area contributed by atoms with Crippen molar-refractivity contribution in [2.24, 2.45) is 0 Å². The second-order valence-electron chi connectivity index (χ2n) is 7.29. The molecule has 3 aromatic carbocycles. The number of amides is 1. The van der Waals surface area contributed by atoms with Gasteiger partial charge in [0.15, 0.2) is 0 Å². The minimum atomic E-state index is -4.14. The predicted octanol–water partition coefficient (Wildman–Crippen LogP) is 4.50. The summed E-state index contributed by atoms with van der Waals surface area (Å²) >= 11 is 6.14. The lowest BCUT2D eigenvalue weighted by Crippen LogP contribution is -2.37. The molecule has 0 spiro atoms. The minimum Gasteiger partial charge on any atom is -0.497 e. The van der Waals surface area contributed by atoms with E-state index in [1.54, 1.807) is 48.5 Å². The van der Waals surface area contributed by atoms with E-state index in [9.17, 15) is 13.2 Å². The number of hydrogen-bond acceptors (Lipinski definition) is 5. The molecule has 0 heterocycles. The number of hydrogen-bond donors (Lipinski definition) is 1. The van der Waals surface area contributed by atoms with Crippen LogP contribution < -0.4 is 14.8 Å². The fourth-order valence-corrected chi connectivity index (χ4v) is 4.90. The number of benzene rings is 3. The van der Waals surface area contributed by atoms with Gasteiger partial charge < -0.3 is 14.8 Å². The first-order chi connectivity index (χ1) is 15.7. The zero-order valence-corrected chi connectivity index (χ0v) is 20.1. The average Bonchev–Trinajstić information content (AvgIpc) is 2.81. The van der Waals surface area contributed by atoms with Gasteiger partial charge in [-0.2, -0.15) is 4.31 Å². The molecule has 7 nitrogen and oxygen atoms in total. The fraction of sp³-hybridized carbons (Fsp3) is 0.208. The van der Waals surface area contributed by atoms with Crippen molar-refractivity contribution in [3.05, 3.63) is 82.9 Å². The van der Waals surface area contributed by atoms with Crippen LogP contribution in [0.4, 0.5) is 5.69 Å². The number of anilines is 1. The maximum atomic E-state index is 13.7. The van der Waals surface area contributed by atoms with E-state index >= 15 is 0 Å². The van der Waals surface area contributed by atoms with Gasteiger partial charge in [0.05, 0.1) is 20.8 Å². The van der Waals surface area contributed by atoms with E-state index < -0.39 is 22.5 Å². The summed E-state index contributed by atoms with van der Waals surface area (Å²) < 4.78 is 38.9. The van der Waals surface area contributed by atoms with Crippen molar-refractivity contribution >= 4 is 33.2 Å². The Labute approximate surface area is 198 Å². The highest BCUT2D eigenvalue weighted by Crippen LogP contribution is 2.31. The van der Waals surface area contributed by atoms with Crippen LogP contribution >= 0.6 is 11.6 Å². The van der Waals surface area contributed by atoms with Crippen LogP contribution in [0.3, 0.4) is 0 Å². The van der Waals surface area contributed by atoms with Crippen molar-refractivity contribution in [1.29, 1.82) is 0 Å². The van der Waals surface area contributed by atoms with Gasteiger partial charge in [-0.25, -0.2) is 8.42 Å². The second kappa shape index (κ2) is 10.7. The SMILES string of the molecule is COc1ccc(OC)c(S(=O)(=O)N(CC(=O)Nc2ccc(C)c(Cl)c2)Cc2ccccc2)c1. The standard InChI is InChI=1S/C24H25ClN2O5S/c1-17-9-10-19(13-21(17)25)26-24(28)16-27(15-18-7-5-4-6-8-18)33(29,30)23-14-20(31-2)11-12-22(23)32-3/h4-14H,15-16H2,1-3H3,(H,26,28). The summed E-state index contributed by atoms with van der Waals surface area (Å²) in [6, 6.07) is 18.6. The Bertz CT molecular complexity index is 1230. The van der Waals surface area contributed by atoms with Gasteiger partial charge in [-0.15, -0.1) is 0 Å². The molecule has 0 aliphatic carbocycles. The molecule has 0 bridgehead atoms. The van der Waals surface area contributed by atoms with Gasteiger partial charge >= 0.3 is 0 Å². The summed E-state index contributed by atoms with van der Waals surface area (Å²) in [7, 11) is -1.31. The molecule has 33 heavy (non-hydrogen) atoms. The molecule has 0 aliphatic heterocycles. The third-order valence-corrected chi connectivity index (χ3v) is 7.19. The van der Waals surface area contributed by atoms with Crippen LogP contribution in [-0.2, 0) is 21.4 Å². The Morgan fingerprint density at radius 1 is 1.00 bits per heavy atom. The molecular formula is C24H25ClN2O5S. The number of rotatable bonds is 9. The number of ether oxygens (including phenoxy) is 2.